The van der Waals surface area contributed by atoms with Gasteiger partial charge in [-0.05, 0) is 13.8 Å². The average molecular weight is 266 g/mol. The Bertz CT molecular complexity index is 468. The maximum atomic E-state index is 11.9. The third-order valence-electron chi connectivity index (χ3n) is 3.10. The SMILES string of the molecule is CNc1nc(OC)nc(N2CCNC(=O)C2(C)C)n1. The van der Waals surface area contributed by atoms with E-state index in [-0.39, 0.29) is 11.9 Å². The average Bonchev–Trinajstić information content (AvgIpc) is 2.41. The third kappa shape index (κ3) is 2.38. The monoisotopic (exact) mass is 266 g/mol. The van der Waals surface area contributed by atoms with Gasteiger partial charge >= 0.3 is 6.01 Å². The van der Waals surface area contributed by atoms with Crippen molar-refractivity contribution in [2.75, 3.05) is 37.5 Å². The second-order valence-electron chi connectivity index (χ2n) is 4.66. The second-order valence-corrected chi connectivity index (χ2v) is 4.66. The first-order valence-corrected chi connectivity index (χ1v) is 6.03. The highest BCUT2D eigenvalue weighted by atomic mass is 16.5. The van der Waals surface area contributed by atoms with Crippen LogP contribution in [0.3, 0.4) is 0 Å². The summed E-state index contributed by atoms with van der Waals surface area (Å²) >= 11 is 0. The molecule has 2 heterocycles. The molecular formula is C11H18N6O2. The zero-order valence-corrected chi connectivity index (χ0v) is 11.5. The van der Waals surface area contributed by atoms with Crippen molar-refractivity contribution in [3.63, 3.8) is 0 Å². The van der Waals surface area contributed by atoms with Crippen LogP contribution in [0, 0.1) is 0 Å². The summed E-state index contributed by atoms with van der Waals surface area (Å²) in [5.41, 5.74) is -0.713. The van der Waals surface area contributed by atoms with Gasteiger partial charge in [-0.2, -0.15) is 15.0 Å². The number of nitrogens with one attached hydrogen (secondary N) is 2. The second kappa shape index (κ2) is 4.87. The van der Waals surface area contributed by atoms with Crippen molar-refractivity contribution in [1.29, 1.82) is 0 Å². The Kier molecular flexibility index (Phi) is 3.41. The van der Waals surface area contributed by atoms with Crippen LogP contribution in [0.4, 0.5) is 11.9 Å². The van der Waals surface area contributed by atoms with Crippen molar-refractivity contribution >= 4 is 17.8 Å². The standard InChI is InChI=1S/C11H18N6O2/c1-11(2)7(18)13-5-6-17(11)9-14-8(12-3)15-10(16-9)19-4/h5-6H2,1-4H3,(H,13,18)(H,12,14,15,16). The van der Waals surface area contributed by atoms with Crippen molar-refractivity contribution in [1.82, 2.24) is 20.3 Å². The summed E-state index contributed by atoms with van der Waals surface area (Å²) in [7, 11) is 3.21. The van der Waals surface area contributed by atoms with Gasteiger partial charge in [0, 0.05) is 20.1 Å². The third-order valence-corrected chi connectivity index (χ3v) is 3.10. The molecule has 19 heavy (non-hydrogen) atoms. The summed E-state index contributed by atoms with van der Waals surface area (Å²) < 4.78 is 5.05. The van der Waals surface area contributed by atoms with Crippen LogP contribution in [-0.2, 0) is 4.79 Å². The predicted octanol–water partition coefficient (Wildman–Crippen LogP) is -0.363. The number of carbonyl (C=O) groups excluding carboxylic acids is 1. The molecule has 8 heteroatoms. The highest BCUT2D eigenvalue weighted by Gasteiger charge is 2.39. The number of carbonyl (C=O) groups is 1. The molecule has 1 saturated heterocycles. The molecule has 0 unspecified atom stereocenters. The van der Waals surface area contributed by atoms with Crippen molar-refractivity contribution < 1.29 is 9.53 Å². The molecule has 1 aliphatic rings. The molecule has 0 aliphatic carbocycles. The molecule has 0 aromatic carbocycles. The number of nitrogens with zero attached hydrogens (tertiary/aromatic N) is 4. The molecule has 1 fully saturated rings. The number of amides is 1. The van der Waals surface area contributed by atoms with Crippen molar-refractivity contribution in [2.45, 2.75) is 19.4 Å². The Morgan fingerprint density at radius 1 is 1.37 bits per heavy atom. The van der Waals surface area contributed by atoms with E-state index < -0.39 is 5.54 Å². The maximum absolute atomic E-state index is 11.9. The van der Waals surface area contributed by atoms with Crippen molar-refractivity contribution in [3.8, 4) is 6.01 Å². The zero-order chi connectivity index (χ0) is 14.0. The topological polar surface area (TPSA) is 92.3 Å². The normalized spacial score (nSPS) is 17.9. The Hall–Kier alpha value is -2.12. The number of methoxy groups -OCH3 is 1. The number of hydrogen-bond acceptors (Lipinski definition) is 7. The van der Waals surface area contributed by atoms with Gasteiger partial charge in [-0.1, -0.05) is 0 Å². The Balaban J connectivity index is 2.42. The number of anilines is 2. The molecule has 8 nitrogen and oxygen atoms in total. The number of piperazine rings is 1. The quantitative estimate of drug-likeness (QED) is 0.771. The molecule has 1 amide bonds. The van der Waals surface area contributed by atoms with Crippen LogP contribution in [-0.4, -0.2) is 53.6 Å². The summed E-state index contributed by atoms with van der Waals surface area (Å²) in [4.78, 5) is 26.3. The van der Waals surface area contributed by atoms with Gasteiger partial charge < -0.3 is 20.3 Å². The van der Waals surface area contributed by atoms with Crippen LogP contribution in [0.25, 0.3) is 0 Å². The summed E-state index contributed by atoms with van der Waals surface area (Å²) in [6.45, 7) is 4.85. The van der Waals surface area contributed by atoms with E-state index >= 15 is 0 Å². The fourth-order valence-corrected chi connectivity index (χ4v) is 1.92. The molecule has 1 aromatic heterocycles. The van der Waals surface area contributed by atoms with Crippen LogP contribution in [0.15, 0.2) is 0 Å². The molecule has 2 rings (SSSR count). The van der Waals surface area contributed by atoms with E-state index in [1.165, 1.54) is 7.11 Å². The number of rotatable bonds is 3. The van der Waals surface area contributed by atoms with E-state index in [9.17, 15) is 4.79 Å². The summed E-state index contributed by atoms with van der Waals surface area (Å²) in [5, 5.41) is 5.68. The van der Waals surface area contributed by atoms with Crippen LogP contribution < -0.4 is 20.3 Å². The van der Waals surface area contributed by atoms with Gasteiger partial charge in [0.1, 0.15) is 5.54 Å². The highest BCUT2D eigenvalue weighted by molar-refractivity contribution is 5.89. The van der Waals surface area contributed by atoms with E-state index in [1.807, 2.05) is 18.7 Å². The largest absolute Gasteiger partial charge is 0.467 e. The van der Waals surface area contributed by atoms with Crippen molar-refractivity contribution in [2.24, 2.45) is 0 Å². The lowest BCUT2D eigenvalue weighted by Gasteiger charge is -2.41. The van der Waals surface area contributed by atoms with Gasteiger partial charge in [0.25, 0.3) is 0 Å². The van der Waals surface area contributed by atoms with Gasteiger partial charge in [0.05, 0.1) is 7.11 Å². The van der Waals surface area contributed by atoms with E-state index in [4.69, 9.17) is 4.74 Å². The minimum atomic E-state index is -0.713. The van der Waals surface area contributed by atoms with Gasteiger partial charge in [-0.25, -0.2) is 0 Å². The smallest absolute Gasteiger partial charge is 0.322 e. The number of aromatic nitrogens is 3. The molecule has 104 valence electrons. The van der Waals surface area contributed by atoms with E-state index in [1.54, 1.807) is 7.05 Å². The summed E-state index contributed by atoms with van der Waals surface area (Å²) in [6, 6.07) is 0.219. The minimum Gasteiger partial charge on any atom is -0.467 e. The van der Waals surface area contributed by atoms with E-state index in [0.717, 1.165) is 0 Å². The zero-order valence-electron chi connectivity index (χ0n) is 11.5. The summed E-state index contributed by atoms with van der Waals surface area (Å²) in [6.07, 6.45) is 0. The lowest BCUT2D eigenvalue weighted by atomic mass is 10.00. The Labute approximate surface area is 111 Å². The molecule has 1 aromatic rings. The maximum Gasteiger partial charge on any atom is 0.322 e. The first-order valence-electron chi connectivity index (χ1n) is 6.03. The number of ether oxygens (including phenoxy) is 1. The van der Waals surface area contributed by atoms with Crippen LogP contribution in [0.1, 0.15) is 13.8 Å². The van der Waals surface area contributed by atoms with Gasteiger partial charge in [-0.15, -0.1) is 0 Å². The first-order chi connectivity index (χ1) is 8.98. The van der Waals surface area contributed by atoms with Crippen LogP contribution >= 0.6 is 0 Å². The molecular weight excluding hydrogens is 248 g/mol. The predicted molar refractivity (Wildman–Crippen MR) is 70.4 cm³/mol. The van der Waals surface area contributed by atoms with Crippen LogP contribution in [0.5, 0.6) is 6.01 Å². The molecule has 0 radical (unpaired) electrons. The fourth-order valence-electron chi connectivity index (χ4n) is 1.92. The van der Waals surface area contributed by atoms with E-state index in [0.29, 0.717) is 25.0 Å². The van der Waals surface area contributed by atoms with Gasteiger partial charge in [-0.3, -0.25) is 4.79 Å². The lowest BCUT2D eigenvalue weighted by Crippen LogP contribution is -2.62. The minimum absolute atomic E-state index is 0.0517. The number of hydrogen-bond donors (Lipinski definition) is 2. The first kappa shape index (κ1) is 13.3. The summed E-state index contributed by atoms with van der Waals surface area (Å²) in [5.74, 6) is 0.781. The highest BCUT2D eigenvalue weighted by Crippen LogP contribution is 2.24. The van der Waals surface area contributed by atoms with Gasteiger partial charge in [0.15, 0.2) is 0 Å². The molecule has 0 bridgehead atoms. The molecule has 0 saturated carbocycles. The molecule has 1 aliphatic heterocycles. The fraction of sp³-hybridized carbons (Fsp3) is 0.636. The molecule has 2 N–H and O–H groups in total. The molecule has 0 atom stereocenters. The van der Waals surface area contributed by atoms with Gasteiger partial charge in [0.2, 0.25) is 17.8 Å². The van der Waals surface area contributed by atoms with Crippen molar-refractivity contribution in [3.05, 3.63) is 0 Å². The Morgan fingerprint density at radius 2 is 2.11 bits per heavy atom. The lowest BCUT2D eigenvalue weighted by molar-refractivity contribution is -0.126. The Morgan fingerprint density at radius 3 is 2.74 bits per heavy atom. The molecule has 0 spiro atoms. The van der Waals surface area contributed by atoms with Crippen LogP contribution in [0.2, 0.25) is 0 Å². The van der Waals surface area contributed by atoms with E-state index in [2.05, 4.69) is 25.6 Å².